The molecule has 2 unspecified atom stereocenters. The first-order valence-corrected chi connectivity index (χ1v) is 10.0. The molecule has 30 heavy (non-hydrogen) atoms. The molecule has 0 saturated carbocycles. The van der Waals surface area contributed by atoms with Crippen LogP contribution in [0, 0.1) is 11.6 Å². The molecular weight excluding hydrogens is 501 g/mol. The van der Waals surface area contributed by atoms with Crippen LogP contribution in [0.2, 0.25) is 0 Å². The van der Waals surface area contributed by atoms with E-state index in [0.29, 0.717) is 5.92 Å². The second-order valence-corrected chi connectivity index (χ2v) is 7.69. The highest BCUT2D eigenvalue weighted by molar-refractivity contribution is 14.0. The van der Waals surface area contributed by atoms with E-state index >= 15 is 0 Å². The van der Waals surface area contributed by atoms with E-state index in [1.165, 1.54) is 23.8 Å². The minimum absolute atomic E-state index is 0. The monoisotopic (exact) mass is 532 g/mol. The number of likely N-dealkylation sites (N-methyl/N-ethyl adjacent to an activating group) is 1. The summed E-state index contributed by atoms with van der Waals surface area (Å²) in [5, 5.41) is 7.60. The molecule has 0 aliphatic carbocycles. The number of hydrogen-bond acceptors (Lipinski definition) is 3. The lowest BCUT2D eigenvalue weighted by molar-refractivity contribution is 0.289. The van der Waals surface area contributed by atoms with Gasteiger partial charge in [-0.1, -0.05) is 6.07 Å². The van der Waals surface area contributed by atoms with Crippen LogP contribution in [0.4, 0.5) is 8.78 Å². The molecule has 166 valence electrons. The van der Waals surface area contributed by atoms with Crippen LogP contribution in [0.25, 0.3) is 0 Å². The van der Waals surface area contributed by atoms with Gasteiger partial charge < -0.3 is 15.1 Å². The van der Waals surface area contributed by atoms with Gasteiger partial charge in [0.15, 0.2) is 5.96 Å². The molecule has 6 nitrogen and oxygen atoms in total. The number of aliphatic imine (C=N–C) groups is 1. The van der Waals surface area contributed by atoms with Crippen LogP contribution in [0.1, 0.15) is 36.4 Å². The van der Waals surface area contributed by atoms with Crippen LogP contribution in [0.15, 0.2) is 35.6 Å². The zero-order chi connectivity index (χ0) is 21.0. The maximum Gasteiger partial charge on any atom is 0.194 e. The van der Waals surface area contributed by atoms with E-state index in [1.807, 2.05) is 38.9 Å². The standard InChI is InChI=1S/C21H30F2N6.HI/c1-5-24-21(29-10-9-15(14-29)16-11-26-28(4)13-16)25-12-19(27(2)3)20-17(22)7-6-8-18(20)23;/h6-8,11,13,15,19H,5,9-10,12,14H2,1-4H3,(H,24,25);1H. The quantitative estimate of drug-likeness (QED) is 0.352. The minimum Gasteiger partial charge on any atom is -0.357 e. The van der Waals surface area contributed by atoms with Gasteiger partial charge in [-0.2, -0.15) is 5.10 Å². The summed E-state index contributed by atoms with van der Waals surface area (Å²) < 4.78 is 30.5. The first-order valence-electron chi connectivity index (χ1n) is 10.0. The van der Waals surface area contributed by atoms with Gasteiger partial charge in [0.1, 0.15) is 11.6 Å². The van der Waals surface area contributed by atoms with Crippen molar-refractivity contribution in [2.75, 3.05) is 40.3 Å². The third-order valence-electron chi connectivity index (χ3n) is 5.39. The van der Waals surface area contributed by atoms with E-state index in [0.717, 1.165) is 32.0 Å². The maximum atomic E-state index is 14.3. The van der Waals surface area contributed by atoms with E-state index in [9.17, 15) is 8.78 Å². The molecule has 1 N–H and O–H groups in total. The normalized spacial score (nSPS) is 17.9. The third kappa shape index (κ3) is 5.69. The van der Waals surface area contributed by atoms with Crippen LogP contribution in [-0.4, -0.2) is 65.8 Å². The molecule has 2 aromatic rings. The van der Waals surface area contributed by atoms with Crippen LogP contribution < -0.4 is 5.32 Å². The Morgan fingerprint density at radius 1 is 1.33 bits per heavy atom. The second kappa shape index (κ2) is 11.0. The number of halogens is 3. The molecule has 0 radical (unpaired) electrons. The van der Waals surface area contributed by atoms with Crippen LogP contribution >= 0.6 is 24.0 Å². The molecule has 0 spiro atoms. The van der Waals surface area contributed by atoms with Crippen molar-refractivity contribution in [3.05, 3.63) is 53.4 Å². The van der Waals surface area contributed by atoms with Crippen molar-refractivity contribution in [3.63, 3.8) is 0 Å². The molecule has 3 rings (SSSR count). The van der Waals surface area contributed by atoms with Gasteiger partial charge in [0.05, 0.1) is 18.8 Å². The van der Waals surface area contributed by atoms with Crippen LogP contribution in [0.5, 0.6) is 0 Å². The Hall–Kier alpha value is -1.75. The molecule has 2 atom stereocenters. The molecule has 0 amide bonds. The lowest BCUT2D eigenvalue weighted by Crippen LogP contribution is -2.40. The largest absolute Gasteiger partial charge is 0.357 e. The number of aryl methyl sites for hydroxylation is 1. The second-order valence-electron chi connectivity index (χ2n) is 7.69. The first kappa shape index (κ1) is 24.5. The molecular formula is C21H31F2IN6. The van der Waals surface area contributed by atoms with Crippen molar-refractivity contribution in [3.8, 4) is 0 Å². The Morgan fingerprint density at radius 2 is 2.03 bits per heavy atom. The molecule has 1 saturated heterocycles. The van der Waals surface area contributed by atoms with Gasteiger partial charge >= 0.3 is 0 Å². The van der Waals surface area contributed by atoms with Gasteiger partial charge in [0, 0.05) is 44.4 Å². The Bertz CT molecular complexity index is 834. The Labute approximate surface area is 194 Å². The van der Waals surface area contributed by atoms with Gasteiger partial charge in [-0.25, -0.2) is 8.78 Å². The first-order chi connectivity index (χ1) is 13.9. The Balaban J connectivity index is 0.00000320. The fourth-order valence-electron chi connectivity index (χ4n) is 3.82. The smallest absolute Gasteiger partial charge is 0.194 e. The van der Waals surface area contributed by atoms with Crippen molar-refractivity contribution in [2.24, 2.45) is 12.0 Å². The topological polar surface area (TPSA) is 48.7 Å². The zero-order valence-electron chi connectivity index (χ0n) is 18.0. The van der Waals surface area contributed by atoms with Crippen LogP contribution in [-0.2, 0) is 7.05 Å². The predicted molar refractivity (Wildman–Crippen MR) is 126 cm³/mol. The molecule has 9 heteroatoms. The van der Waals surface area contributed by atoms with E-state index in [-0.39, 0.29) is 36.1 Å². The summed E-state index contributed by atoms with van der Waals surface area (Å²) in [6.45, 7) is 4.74. The number of nitrogens with one attached hydrogen (secondary N) is 1. The molecule has 1 aliphatic heterocycles. The average Bonchev–Trinajstić information content (AvgIpc) is 3.31. The molecule has 1 aromatic heterocycles. The number of nitrogens with zero attached hydrogens (tertiary/aromatic N) is 5. The summed E-state index contributed by atoms with van der Waals surface area (Å²) in [5.41, 5.74) is 1.29. The third-order valence-corrected chi connectivity index (χ3v) is 5.39. The highest BCUT2D eigenvalue weighted by atomic mass is 127. The highest BCUT2D eigenvalue weighted by Crippen LogP contribution is 2.28. The Kier molecular flexibility index (Phi) is 9.02. The van der Waals surface area contributed by atoms with Gasteiger partial charge in [-0.3, -0.25) is 9.67 Å². The van der Waals surface area contributed by atoms with Gasteiger partial charge in [0.2, 0.25) is 0 Å². The van der Waals surface area contributed by atoms with E-state index < -0.39 is 17.7 Å². The number of benzene rings is 1. The fraction of sp³-hybridized carbons (Fsp3) is 0.524. The predicted octanol–water partition coefficient (Wildman–Crippen LogP) is 3.37. The minimum atomic E-state index is -0.540. The van der Waals surface area contributed by atoms with E-state index in [2.05, 4.69) is 21.5 Å². The summed E-state index contributed by atoms with van der Waals surface area (Å²) in [6, 6.07) is 3.49. The average molecular weight is 532 g/mol. The van der Waals surface area contributed by atoms with Crippen LogP contribution in [0.3, 0.4) is 0 Å². The summed E-state index contributed by atoms with van der Waals surface area (Å²) in [4.78, 5) is 8.76. The Morgan fingerprint density at radius 3 is 2.60 bits per heavy atom. The summed E-state index contributed by atoms with van der Waals surface area (Å²) in [7, 11) is 5.55. The molecule has 1 aromatic carbocycles. The summed E-state index contributed by atoms with van der Waals surface area (Å²) in [5.74, 6) is 0.104. The van der Waals surface area contributed by atoms with Crippen molar-refractivity contribution < 1.29 is 8.78 Å². The van der Waals surface area contributed by atoms with Crippen molar-refractivity contribution in [2.45, 2.75) is 25.3 Å². The summed E-state index contributed by atoms with van der Waals surface area (Å²) >= 11 is 0. The van der Waals surface area contributed by atoms with E-state index in [4.69, 9.17) is 4.99 Å². The highest BCUT2D eigenvalue weighted by Gasteiger charge is 2.28. The summed E-state index contributed by atoms with van der Waals surface area (Å²) in [6.07, 6.45) is 5.00. The maximum absolute atomic E-state index is 14.3. The lowest BCUT2D eigenvalue weighted by atomic mass is 10.0. The fourth-order valence-corrected chi connectivity index (χ4v) is 3.82. The number of hydrogen-bond donors (Lipinski definition) is 1. The number of rotatable bonds is 6. The van der Waals surface area contributed by atoms with Gasteiger partial charge in [-0.15, -0.1) is 24.0 Å². The van der Waals surface area contributed by atoms with E-state index in [1.54, 1.807) is 4.90 Å². The molecule has 1 aliphatic rings. The van der Waals surface area contributed by atoms with Crippen molar-refractivity contribution in [1.82, 2.24) is 24.9 Å². The van der Waals surface area contributed by atoms with Crippen molar-refractivity contribution >= 4 is 29.9 Å². The van der Waals surface area contributed by atoms with Gasteiger partial charge in [0.25, 0.3) is 0 Å². The number of aromatic nitrogens is 2. The van der Waals surface area contributed by atoms with Crippen molar-refractivity contribution in [1.29, 1.82) is 0 Å². The lowest BCUT2D eigenvalue weighted by Gasteiger charge is -2.26. The zero-order valence-corrected chi connectivity index (χ0v) is 20.3. The molecule has 1 fully saturated rings. The molecule has 0 bridgehead atoms. The van der Waals surface area contributed by atoms with Gasteiger partial charge in [-0.05, 0) is 45.1 Å². The SMILES string of the molecule is CCNC(=NCC(c1c(F)cccc1F)N(C)C)N1CCC(c2cnn(C)c2)C1.I. The molecule has 2 heterocycles. The number of guanidine groups is 1. The number of likely N-dealkylation sites (tertiary alicyclic amines) is 1.